The molecule has 0 amide bonds. The molecule has 1 N–H and O–H groups in total. The highest BCUT2D eigenvalue weighted by molar-refractivity contribution is 6.11. The molecule has 3 aromatic rings. The number of allylic oxidation sites excluding steroid dienone is 2. The molecule has 6 nitrogen and oxygen atoms in total. The standard InChI is InChI=1S/C24H18N2O4/c27-21(14-11-16-7-3-1-4-8-16)23-22(17-9-5-2-6-10-17)19-15-18(26(29)30)12-13-20(19)25-24(23)28/h1-11,14-15H,12-13H2,(H,25,28). The molecule has 0 radical (unpaired) electrons. The number of carbonyl (C=O) groups excluding carboxylic acids is 1. The van der Waals surface area contributed by atoms with E-state index in [1.54, 1.807) is 30.3 Å². The number of nitrogens with zero attached hydrogens (tertiary/aromatic N) is 1. The summed E-state index contributed by atoms with van der Waals surface area (Å²) in [5.74, 6) is -0.455. The van der Waals surface area contributed by atoms with Crippen LogP contribution in [0.25, 0.3) is 23.3 Å². The monoisotopic (exact) mass is 398 g/mol. The molecule has 0 spiro atoms. The van der Waals surface area contributed by atoms with E-state index in [0.29, 0.717) is 28.8 Å². The van der Waals surface area contributed by atoms with Crippen molar-refractivity contribution in [2.24, 2.45) is 0 Å². The summed E-state index contributed by atoms with van der Waals surface area (Å²) in [6, 6.07) is 18.3. The van der Waals surface area contributed by atoms with Crippen LogP contribution in [-0.2, 0) is 6.42 Å². The number of ketones is 1. The van der Waals surface area contributed by atoms with Gasteiger partial charge < -0.3 is 4.98 Å². The number of rotatable bonds is 5. The number of aromatic nitrogens is 1. The molecule has 1 heterocycles. The van der Waals surface area contributed by atoms with Gasteiger partial charge in [-0.25, -0.2) is 0 Å². The summed E-state index contributed by atoms with van der Waals surface area (Å²) in [6.45, 7) is 0. The molecule has 30 heavy (non-hydrogen) atoms. The lowest BCUT2D eigenvalue weighted by Crippen LogP contribution is -2.23. The summed E-state index contributed by atoms with van der Waals surface area (Å²) < 4.78 is 0. The third-order valence-corrected chi connectivity index (χ3v) is 5.05. The lowest BCUT2D eigenvalue weighted by molar-refractivity contribution is -0.426. The Morgan fingerprint density at radius 2 is 1.67 bits per heavy atom. The van der Waals surface area contributed by atoms with Crippen LogP contribution in [0, 0.1) is 10.1 Å². The summed E-state index contributed by atoms with van der Waals surface area (Å²) >= 11 is 0. The highest BCUT2D eigenvalue weighted by atomic mass is 16.6. The maximum absolute atomic E-state index is 13.1. The Labute approximate surface area is 172 Å². The minimum Gasteiger partial charge on any atom is -0.325 e. The molecule has 148 valence electrons. The fraction of sp³-hybridized carbons (Fsp3) is 0.0833. The van der Waals surface area contributed by atoms with Gasteiger partial charge in [-0.05, 0) is 23.6 Å². The van der Waals surface area contributed by atoms with Crippen LogP contribution in [0.2, 0.25) is 0 Å². The van der Waals surface area contributed by atoms with E-state index >= 15 is 0 Å². The summed E-state index contributed by atoms with van der Waals surface area (Å²) in [5, 5.41) is 11.3. The minimum absolute atomic E-state index is 0.0204. The van der Waals surface area contributed by atoms with Gasteiger partial charge in [-0.15, -0.1) is 0 Å². The van der Waals surface area contributed by atoms with Gasteiger partial charge in [0.1, 0.15) is 0 Å². The van der Waals surface area contributed by atoms with Gasteiger partial charge in [0, 0.05) is 29.3 Å². The van der Waals surface area contributed by atoms with E-state index < -0.39 is 16.3 Å². The van der Waals surface area contributed by atoms with Crippen LogP contribution in [-0.4, -0.2) is 15.7 Å². The molecular formula is C24H18N2O4. The van der Waals surface area contributed by atoms with Crippen LogP contribution in [0.3, 0.4) is 0 Å². The average molecular weight is 398 g/mol. The van der Waals surface area contributed by atoms with Crippen molar-refractivity contribution in [2.75, 3.05) is 0 Å². The van der Waals surface area contributed by atoms with Crippen molar-refractivity contribution < 1.29 is 9.72 Å². The third kappa shape index (κ3) is 3.75. The van der Waals surface area contributed by atoms with E-state index in [1.165, 1.54) is 12.2 Å². The Bertz CT molecular complexity index is 1240. The summed E-state index contributed by atoms with van der Waals surface area (Å²) in [5.41, 5.74) is 2.60. The van der Waals surface area contributed by atoms with Crippen molar-refractivity contribution in [3.63, 3.8) is 0 Å². The normalized spacial score (nSPS) is 13.0. The first-order chi connectivity index (χ1) is 14.5. The Kier molecular flexibility index (Phi) is 5.22. The molecular weight excluding hydrogens is 380 g/mol. The number of nitro groups is 1. The number of aromatic amines is 1. The molecule has 0 saturated heterocycles. The van der Waals surface area contributed by atoms with Crippen molar-refractivity contribution in [3.8, 4) is 11.1 Å². The predicted octanol–water partition coefficient (Wildman–Crippen LogP) is 4.50. The lowest BCUT2D eigenvalue weighted by atomic mass is 9.88. The number of nitrogens with one attached hydrogen (secondary N) is 1. The van der Waals surface area contributed by atoms with Gasteiger partial charge in [-0.1, -0.05) is 66.7 Å². The first-order valence-corrected chi connectivity index (χ1v) is 9.51. The molecule has 1 aliphatic carbocycles. The van der Waals surface area contributed by atoms with Gasteiger partial charge in [0.25, 0.3) is 5.56 Å². The fourth-order valence-electron chi connectivity index (χ4n) is 3.62. The first kappa shape index (κ1) is 19.3. The zero-order valence-electron chi connectivity index (χ0n) is 16.0. The molecule has 0 unspecified atom stereocenters. The van der Waals surface area contributed by atoms with Crippen molar-refractivity contribution in [2.45, 2.75) is 12.8 Å². The van der Waals surface area contributed by atoms with Crippen LogP contribution in [0.4, 0.5) is 0 Å². The maximum Gasteiger partial charge on any atom is 0.260 e. The van der Waals surface area contributed by atoms with Crippen LogP contribution in [0.15, 0.2) is 77.2 Å². The smallest absolute Gasteiger partial charge is 0.260 e. The SMILES string of the molecule is O=C(C=Cc1ccccc1)c1c(-c2ccccc2)c2c([nH]c1=O)CCC([N+](=O)[O-])=C2. The molecule has 2 aromatic carbocycles. The highest BCUT2D eigenvalue weighted by Gasteiger charge is 2.27. The molecule has 0 saturated carbocycles. The number of H-pyrrole nitrogens is 1. The quantitative estimate of drug-likeness (QED) is 0.296. The first-order valence-electron chi connectivity index (χ1n) is 9.51. The molecule has 0 aliphatic heterocycles. The van der Waals surface area contributed by atoms with Crippen LogP contribution in [0.5, 0.6) is 0 Å². The van der Waals surface area contributed by atoms with Gasteiger partial charge in [0.2, 0.25) is 5.70 Å². The maximum atomic E-state index is 13.1. The van der Waals surface area contributed by atoms with Crippen molar-refractivity contribution in [1.82, 2.24) is 4.98 Å². The lowest BCUT2D eigenvalue weighted by Gasteiger charge is -2.18. The number of aryl methyl sites for hydroxylation is 1. The Morgan fingerprint density at radius 3 is 2.33 bits per heavy atom. The zero-order valence-corrected chi connectivity index (χ0v) is 16.0. The Hall–Kier alpha value is -4.06. The fourth-order valence-corrected chi connectivity index (χ4v) is 3.62. The van der Waals surface area contributed by atoms with E-state index in [0.717, 1.165) is 5.56 Å². The number of benzene rings is 2. The number of carbonyl (C=O) groups is 1. The molecule has 6 heteroatoms. The van der Waals surface area contributed by atoms with Crippen molar-refractivity contribution in [3.05, 3.63) is 115 Å². The van der Waals surface area contributed by atoms with Crippen LogP contribution in [0.1, 0.15) is 33.6 Å². The van der Waals surface area contributed by atoms with Gasteiger partial charge in [-0.2, -0.15) is 0 Å². The topological polar surface area (TPSA) is 93.1 Å². The Morgan fingerprint density at radius 1 is 1.00 bits per heavy atom. The summed E-state index contributed by atoms with van der Waals surface area (Å²) in [4.78, 5) is 39.7. The molecule has 1 aromatic heterocycles. The zero-order chi connectivity index (χ0) is 21.1. The van der Waals surface area contributed by atoms with E-state index in [1.807, 2.05) is 36.4 Å². The van der Waals surface area contributed by atoms with Gasteiger partial charge in [0.05, 0.1) is 10.5 Å². The summed E-state index contributed by atoms with van der Waals surface area (Å²) in [7, 11) is 0. The minimum atomic E-state index is -0.492. The second-order valence-corrected chi connectivity index (χ2v) is 6.96. The molecule has 0 fully saturated rings. The van der Waals surface area contributed by atoms with E-state index in [2.05, 4.69) is 4.98 Å². The summed E-state index contributed by atoms with van der Waals surface area (Å²) in [6.07, 6.45) is 5.04. The molecule has 1 aliphatic rings. The highest BCUT2D eigenvalue weighted by Crippen LogP contribution is 2.33. The van der Waals surface area contributed by atoms with Crippen LogP contribution >= 0.6 is 0 Å². The number of hydrogen-bond acceptors (Lipinski definition) is 4. The average Bonchev–Trinajstić information content (AvgIpc) is 2.77. The van der Waals surface area contributed by atoms with Gasteiger partial charge in [-0.3, -0.25) is 19.7 Å². The van der Waals surface area contributed by atoms with E-state index in [9.17, 15) is 19.7 Å². The van der Waals surface area contributed by atoms with Crippen LogP contribution < -0.4 is 5.56 Å². The Balaban J connectivity index is 1.92. The molecule has 0 bridgehead atoms. The molecule has 0 atom stereocenters. The van der Waals surface area contributed by atoms with E-state index in [4.69, 9.17) is 0 Å². The van der Waals surface area contributed by atoms with Gasteiger partial charge in [0.15, 0.2) is 5.78 Å². The van der Waals surface area contributed by atoms with Gasteiger partial charge >= 0.3 is 0 Å². The molecule has 4 rings (SSSR count). The second kappa shape index (κ2) is 8.13. The van der Waals surface area contributed by atoms with Crippen molar-refractivity contribution >= 4 is 17.9 Å². The largest absolute Gasteiger partial charge is 0.325 e. The van der Waals surface area contributed by atoms with Crippen molar-refractivity contribution in [1.29, 1.82) is 0 Å². The second-order valence-electron chi connectivity index (χ2n) is 6.96. The number of pyridine rings is 1. The predicted molar refractivity (Wildman–Crippen MR) is 116 cm³/mol. The number of fused-ring (bicyclic) bond motifs is 1. The van der Waals surface area contributed by atoms with E-state index in [-0.39, 0.29) is 17.7 Å². The number of hydrogen-bond donors (Lipinski definition) is 1. The third-order valence-electron chi connectivity index (χ3n) is 5.05.